The van der Waals surface area contributed by atoms with Crippen LogP contribution in [0.3, 0.4) is 0 Å². The van der Waals surface area contributed by atoms with E-state index in [1.54, 1.807) is 11.8 Å². The van der Waals surface area contributed by atoms with E-state index in [9.17, 15) is 9.59 Å². The molecule has 0 aliphatic heterocycles. The molecule has 1 aliphatic rings. The lowest BCUT2D eigenvalue weighted by Gasteiger charge is -2.26. The Morgan fingerprint density at radius 1 is 1.38 bits per heavy atom. The molecule has 1 unspecified atom stereocenters. The zero-order valence-electron chi connectivity index (χ0n) is 13.4. The van der Waals surface area contributed by atoms with Gasteiger partial charge in [-0.05, 0) is 38.5 Å². The van der Waals surface area contributed by atoms with E-state index in [1.165, 1.54) is 18.4 Å². The van der Waals surface area contributed by atoms with E-state index < -0.39 is 11.9 Å². The fourth-order valence-corrected chi connectivity index (χ4v) is 2.62. The van der Waals surface area contributed by atoms with Crippen molar-refractivity contribution in [2.24, 2.45) is 5.92 Å². The number of aliphatic carboxylic acids is 1. The van der Waals surface area contributed by atoms with Crippen LogP contribution in [0.25, 0.3) is 0 Å². The van der Waals surface area contributed by atoms with E-state index in [0.29, 0.717) is 19.5 Å². The normalized spacial score (nSPS) is 16.2. The van der Waals surface area contributed by atoms with Crippen molar-refractivity contribution >= 4 is 11.9 Å². The number of allylic oxidation sites excluding steroid dienone is 1. The predicted molar refractivity (Wildman–Crippen MR) is 84.1 cm³/mol. The Hall–Kier alpha value is -1.32. The van der Waals surface area contributed by atoms with E-state index in [2.05, 4.69) is 13.0 Å². The number of carbonyl (C=O) groups is 2. The summed E-state index contributed by atoms with van der Waals surface area (Å²) < 4.78 is 0. The number of nitrogens with zero attached hydrogens (tertiary/aromatic N) is 1. The zero-order chi connectivity index (χ0) is 15.7. The monoisotopic (exact) mass is 295 g/mol. The molecule has 0 aromatic rings. The molecular weight excluding hydrogens is 266 g/mol. The second-order valence-electron chi connectivity index (χ2n) is 6.04. The van der Waals surface area contributed by atoms with Crippen LogP contribution in [0.1, 0.15) is 65.2 Å². The number of hydrogen-bond acceptors (Lipinski definition) is 2. The van der Waals surface area contributed by atoms with Gasteiger partial charge in [-0.1, -0.05) is 31.9 Å². The standard InChI is InChI=1S/C17H29NO3/c1-3-4-10-16(19)18(13-14(2)17(20)21)12-11-15-8-6-5-7-9-15/h8,14H,3-7,9-13H2,1-2H3,(H,20,21). The summed E-state index contributed by atoms with van der Waals surface area (Å²) in [6.07, 6.45) is 10.3. The molecule has 0 bridgehead atoms. The number of carboxylic acid groups (broad SMARTS) is 1. The second kappa shape index (κ2) is 9.59. The Morgan fingerprint density at radius 3 is 2.71 bits per heavy atom. The van der Waals surface area contributed by atoms with Gasteiger partial charge in [0, 0.05) is 19.5 Å². The lowest BCUT2D eigenvalue weighted by atomic mass is 9.97. The summed E-state index contributed by atoms with van der Waals surface area (Å²) in [5, 5.41) is 9.06. The van der Waals surface area contributed by atoms with Crippen LogP contribution >= 0.6 is 0 Å². The van der Waals surface area contributed by atoms with Crippen LogP contribution in [0.4, 0.5) is 0 Å². The van der Waals surface area contributed by atoms with E-state index in [1.807, 2.05) is 0 Å². The Bertz CT molecular complexity index is 376. The third kappa shape index (κ3) is 6.78. The van der Waals surface area contributed by atoms with Gasteiger partial charge in [0.05, 0.1) is 5.92 Å². The van der Waals surface area contributed by atoms with Gasteiger partial charge in [-0.15, -0.1) is 0 Å². The van der Waals surface area contributed by atoms with Gasteiger partial charge in [0.2, 0.25) is 5.91 Å². The number of carbonyl (C=O) groups excluding carboxylic acids is 1. The van der Waals surface area contributed by atoms with Crippen molar-refractivity contribution < 1.29 is 14.7 Å². The van der Waals surface area contributed by atoms with Crippen LogP contribution in [-0.2, 0) is 9.59 Å². The lowest BCUT2D eigenvalue weighted by Crippen LogP contribution is -2.37. The third-order valence-corrected chi connectivity index (χ3v) is 4.10. The van der Waals surface area contributed by atoms with Gasteiger partial charge in [0.15, 0.2) is 0 Å². The van der Waals surface area contributed by atoms with Crippen LogP contribution in [0.5, 0.6) is 0 Å². The molecule has 0 aromatic heterocycles. The molecule has 0 heterocycles. The van der Waals surface area contributed by atoms with Gasteiger partial charge in [-0.25, -0.2) is 0 Å². The summed E-state index contributed by atoms with van der Waals surface area (Å²) >= 11 is 0. The fraction of sp³-hybridized carbons (Fsp3) is 0.765. The molecule has 0 spiro atoms. The minimum absolute atomic E-state index is 0.0985. The molecule has 0 aromatic carbocycles. The van der Waals surface area contributed by atoms with Gasteiger partial charge in [0.1, 0.15) is 0 Å². The van der Waals surface area contributed by atoms with Gasteiger partial charge >= 0.3 is 5.97 Å². The molecule has 4 nitrogen and oxygen atoms in total. The Labute approximate surface area is 128 Å². The van der Waals surface area contributed by atoms with Crippen molar-refractivity contribution in [1.29, 1.82) is 0 Å². The van der Waals surface area contributed by atoms with Crippen molar-refractivity contribution in [3.63, 3.8) is 0 Å². The maximum Gasteiger partial charge on any atom is 0.308 e. The first-order valence-electron chi connectivity index (χ1n) is 8.23. The van der Waals surface area contributed by atoms with Gasteiger partial charge in [-0.3, -0.25) is 9.59 Å². The molecule has 1 N–H and O–H groups in total. The topological polar surface area (TPSA) is 57.6 Å². The average molecular weight is 295 g/mol. The SMILES string of the molecule is CCCCC(=O)N(CCC1=CCCCC1)CC(C)C(=O)O. The number of amides is 1. The number of rotatable bonds is 9. The van der Waals surface area contributed by atoms with Gasteiger partial charge < -0.3 is 10.0 Å². The first-order chi connectivity index (χ1) is 10.0. The van der Waals surface area contributed by atoms with E-state index in [0.717, 1.165) is 32.1 Å². The minimum atomic E-state index is -0.833. The van der Waals surface area contributed by atoms with Crippen molar-refractivity contribution in [2.45, 2.75) is 65.2 Å². The minimum Gasteiger partial charge on any atom is -0.481 e. The Morgan fingerprint density at radius 2 is 2.14 bits per heavy atom. The molecule has 0 fully saturated rings. The lowest BCUT2D eigenvalue weighted by molar-refractivity contribution is -0.143. The van der Waals surface area contributed by atoms with E-state index >= 15 is 0 Å². The molecule has 21 heavy (non-hydrogen) atoms. The third-order valence-electron chi connectivity index (χ3n) is 4.10. The van der Waals surface area contributed by atoms with Crippen LogP contribution in [-0.4, -0.2) is 35.0 Å². The van der Waals surface area contributed by atoms with Crippen LogP contribution in [0, 0.1) is 5.92 Å². The summed E-state index contributed by atoms with van der Waals surface area (Å²) in [7, 11) is 0. The number of hydrogen-bond donors (Lipinski definition) is 1. The molecule has 1 rings (SSSR count). The molecule has 0 saturated heterocycles. The van der Waals surface area contributed by atoms with Gasteiger partial charge in [0.25, 0.3) is 0 Å². The maximum absolute atomic E-state index is 12.2. The molecule has 1 atom stereocenters. The summed E-state index contributed by atoms with van der Waals surface area (Å²) in [5.74, 6) is -1.24. The highest BCUT2D eigenvalue weighted by Gasteiger charge is 2.20. The van der Waals surface area contributed by atoms with E-state index in [4.69, 9.17) is 5.11 Å². The molecular formula is C17H29NO3. The highest BCUT2D eigenvalue weighted by molar-refractivity contribution is 5.77. The zero-order valence-corrected chi connectivity index (χ0v) is 13.4. The molecule has 0 radical (unpaired) electrons. The molecule has 1 amide bonds. The fourth-order valence-electron chi connectivity index (χ4n) is 2.62. The van der Waals surface area contributed by atoms with Crippen molar-refractivity contribution in [3.8, 4) is 0 Å². The number of unbranched alkanes of at least 4 members (excludes halogenated alkanes) is 1. The quantitative estimate of drug-likeness (QED) is 0.661. The summed E-state index contributed by atoms with van der Waals surface area (Å²) in [6, 6.07) is 0. The van der Waals surface area contributed by atoms with Crippen molar-refractivity contribution in [1.82, 2.24) is 4.90 Å². The highest BCUT2D eigenvalue weighted by Crippen LogP contribution is 2.20. The first kappa shape index (κ1) is 17.7. The molecule has 0 saturated carbocycles. The van der Waals surface area contributed by atoms with Crippen molar-refractivity contribution in [2.75, 3.05) is 13.1 Å². The van der Waals surface area contributed by atoms with Crippen molar-refractivity contribution in [3.05, 3.63) is 11.6 Å². The van der Waals surface area contributed by atoms with Gasteiger partial charge in [-0.2, -0.15) is 0 Å². The van der Waals surface area contributed by atoms with Crippen LogP contribution < -0.4 is 0 Å². The molecule has 1 aliphatic carbocycles. The summed E-state index contributed by atoms with van der Waals surface area (Å²) in [4.78, 5) is 25.0. The Kier molecular flexibility index (Phi) is 8.09. The predicted octanol–water partition coefficient (Wildman–Crippen LogP) is 3.62. The first-order valence-corrected chi connectivity index (χ1v) is 8.23. The maximum atomic E-state index is 12.2. The molecule has 4 heteroatoms. The highest BCUT2D eigenvalue weighted by atomic mass is 16.4. The summed E-state index contributed by atoms with van der Waals surface area (Å²) in [6.45, 7) is 4.71. The molecule has 120 valence electrons. The summed E-state index contributed by atoms with van der Waals surface area (Å²) in [5.41, 5.74) is 1.43. The average Bonchev–Trinajstić information content (AvgIpc) is 2.49. The second-order valence-corrected chi connectivity index (χ2v) is 6.04. The number of carboxylic acids is 1. The largest absolute Gasteiger partial charge is 0.481 e. The van der Waals surface area contributed by atoms with E-state index in [-0.39, 0.29) is 5.91 Å². The smallest absolute Gasteiger partial charge is 0.308 e. The Balaban J connectivity index is 2.55. The van der Waals surface area contributed by atoms with Crippen LogP contribution in [0.15, 0.2) is 11.6 Å². The van der Waals surface area contributed by atoms with Crippen LogP contribution in [0.2, 0.25) is 0 Å².